The van der Waals surface area contributed by atoms with E-state index in [2.05, 4.69) is 16.0 Å². The van der Waals surface area contributed by atoms with Crippen LogP contribution in [0.2, 0.25) is 5.15 Å². The zero-order valence-electron chi connectivity index (χ0n) is 16.2. The molecule has 0 aliphatic heterocycles. The molecule has 0 aliphatic rings. The fourth-order valence-corrected chi connectivity index (χ4v) is 3.96. The molecule has 30 heavy (non-hydrogen) atoms. The fourth-order valence-electron chi connectivity index (χ4n) is 2.96. The number of fused-ring (bicyclic) bond motifs is 1. The van der Waals surface area contributed by atoms with E-state index in [9.17, 15) is 5.26 Å². The standard InChI is InChI=1S/C23H16ClN3O2S/c1-28-18-5-3-14(4-6-18)21-13-30-23(27-21)17(12-25)10-16-9-15-11-19(29-2)7-8-20(15)26-22(16)24/h3-11,13H,1-2H3. The van der Waals surface area contributed by atoms with Gasteiger partial charge < -0.3 is 9.47 Å². The molecule has 0 aliphatic carbocycles. The molecule has 0 amide bonds. The number of benzene rings is 2. The number of ether oxygens (including phenoxy) is 2. The van der Waals surface area contributed by atoms with Crippen LogP contribution in [-0.4, -0.2) is 24.2 Å². The summed E-state index contributed by atoms with van der Waals surface area (Å²) < 4.78 is 10.5. The number of nitrogens with zero attached hydrogens (tertiary/aromatic N) is 3. The Balaban J connectivity index is 1.71. The van der Waals surface area contributed by atoms with Crippen LogP contribution < -0.4 is 9.47 Å². The summed E-state index contributed by atoms with van der Waals surface area (Å²) in [5.74, 6) is 1.51. The maximum Gasteiger partial charge on any atom is 0.137 e. The normalized spacial score (nSPS) is 11.3. The molecule has 0 N–H and O–H groups in total. The van der Waals surface area contributed by atoms with Gasteiger partial charge in [0.2, 0.25) is 0 Å². The van der Waals surface area contributed by atoms with Crippen LogP contribution in [0.25, 0.3) is 33.8 Å². The highest BCUT2D eigenvalue weighted by molar-refractivity contribution is 7.11. The largest absolute Gasteiger partial charge is 0.497 e. The van der Waals surface area contributed by atoms with Gasteiger partial charge in [-0.05, 0) is 54.6 Å². The van der Waals surface area contributed by atoms with Gasteiger partial charge in [0.25, 0.3) is 0 Å². The minimum atomic E-state index is 0.326. The highest BCUT2D eigenvalue weighted by Gasteiger charge is 2.12. The monoisotopic (exact) mass is 433 g/mol. The van der Waals surface area contributed by atoms with E-state index in [0.717, 1.165) is 33.7 Å². The lowest BCUT2D eigenvalue weighted by molar-refractivity contribution is 0.415. The van der Waals surface area contributed by atoms with Crippen LogP contribution in [0.1, 0.15) is 10.6 Å². The van der Waals surface area contributed by atoms with Crippen molar-refractivity contribution in [2.24, 2.45) is 0 Å². The molecule has 4 aromatic rings. The van der Waals surface area contributed by atoms with Gasteiger partial charge in [-0.1, -0.05) is 11.6 Å². The second kappa shape index (κ2) is 8.54. The maximum atomic E-state index is 9.72. The molecule has 2 aromatic heterocycles. The first-order valence-corrected chi connectivity index (χ1v) is 10.2. The molecule has 0 atom stereocenters. The highest BCUT2D eigenvalue weighted by atomic mass is 35.5. The lowest BCUT2D eigenvalue weighted by atomic mass is 10.1. The summed E-state index contributed by atoms with van der Waals surface area (Å²) >= 11 is 7.78. The molecule has 0 unspecified atom stereocenters. The Kier molecular flexibility index (Phi) is 5.66. The van der Waals surface area contributed by atoms with E-state index in [-0.39, 0.29) is 0 Å². The van der Waals surface area contributed by atoms with Gasteiger partial charge >= 0.3 is 0 Å². The third-order valence-corrected chi connectivity index (χ3v) is 5.72. The molecule has 4 rings (SSSR count). The molecular weight excluding hydrogens is 418 g/mol. The molecule has 0 fully saturated rings. The second-order valence-electron chi connectivity index (χ2n) is 6.36. The molecule has 2 aromatic carbocycles. The number of thiazole rings is 1. The van der Waals surface area contributed by atoms with Gasteiger partial charge in [0.15, 0.2) is 0 Å². The number of rotatable bonds is 5. The van der Waals surface area contributed by atoms with Crippen LogP contribution in [0.15, 0.2) is 53.9 Å². The van der Waals surface area contributed by atoms with Crippen molar-refractivity contribution < 1.29 is 9.47 Å². The number of pyridine rings is 1. The first-order valence-electron chi connectivity index (χ1n) is 8.97. The van der Waals surface area contributed by atoms with E-state index >= 15 is 0 Å². The Bertz CT molecular complexity index is 1290. The topological polar surface area (TPSA) is 68.0 Å². The average Bonchev–Trinajstić information content (AvgIpc) is 3.27. The molecule has 5 nitrogen and oxygen atoms in total. The van der Waals surface area contributed by atoms with Crippen molar-refractivity contribution in [2.45, 2.75) is 0 Å². The number of hydrogen-bond donors (Lipinski definition) is 0. The van der Waals surface area contributed by atoms with E-state index in [1.54, 1.807) is 20.3 Å². The van der Waals surface area contributed by atoms with Crippen LogP contribution >= 0.6 is 22.9 Å². The van der Waals surface area contributed by atoms with Crippen LogP contribution in [0.4, 0.5) is 0 Å². The minimum absolute atomic E-state index is 0.326. The van der Waals surface area contributed by atoms with Gasteiger partial charge in [-0.3, -0.25) is 0 Å². The van der Waals surface area contributed by atoms with Crippen molar-refractivity contribution in [3.8, 4) is 28.8 Å². The summed E-state index contributed by atoms with van der Waals surface area (Å²) in [7, 11) is 3.24. The molecular formula is C23H16ClN3O2S. The summed E-state index contributed by atoms with van der Waals surface area (Å²) in [4.78, 5) is 9.05. The van der Waals surface area contributed by atoms with Gasteiger partial charge in [-0.25, -0.2) is 9.97 Å². The number of aromatic nitrogens is 2. The van der Waals surface area contributed by atoms with Crippen LogP contribution in [0.5, 0.6) is 11.5 Å². The van der Waals surface area contributed by atoms with E-state index in [1.807, 2.05) is 53.9 Å². The number of halogens is 1. The zero-order chi connectivity index (χ0) is 21.1. The predicted octanol–water partition coefficient (Wildman–Crippen LogP) is 6.09. The Labute approximate surface area is 182 Å². The van der Waals surface area contributed by atoms with Crippen molar-refractivity contribution >= 4 is 45.5 Å². The Morgan fingerprint density at radius 2 is 1.77 bits per heavy atom. The van der Waals surface area contributed by atoms with Gasteiger partial charge in [0.05, 0.1) is 31.0 Å². The van der Waals surface area contributed by atoms with E-state index in [0.29, 0.717) is 21.3 Å². The molecule has 148 valence electrons. The summed E-state index contributed by atoms with van der Waals surface area (Å²) in [5, 5.41) is 13.5. The third-order valence-electron chi connectivity index (χ3n) is 4.54. The maximum absolute atomic E-state index is 9.72. The molecule has 7 heteroatoms. The first kappa shape index (κ1) is 19.9. The number of methoxy groups -OCH3 is 2. The average molecular weight is 434 g/mol. The van der Waals surface area contributed by atoms with Crippen molar-refractivity contribution in [2.75, 3.05) is 14.2 Å². The summed E-state index contributed by atoms with van der Waals surface area (Å²) in [6.45, 7) is 0. The molecule has 0 radical (unpaired) electrons. The zero-order valence-corrected chi connectivity index (χ0v) is 17.8. The van der Waals surface area contributed by atoms with Crippen LogP contribution in [-0.2, 0) is 0 Å². The number of nitriles is 1. The second-order valence-corrected chi connectivity index (χ2v) is 7.58. The molecule has 0 saturated heterocycles. The minimum Gasteiger partial charge on any atom is -0.497 e. The lowest BCUT2D eigenvalue weighted by Crippen LogP contribution is -1.89. The smallest absolute Gasteiger partial charge is 0.137 e. The van der Waals surface area contributed by atoms with E-state index in [1.165, 1.54) is 11.3 Å². The van der Waals surface area contributed by atoms with Gasteiger partial charge in [0.1, 0.15) is 27.7 Å². The highest BCUT2D eigenvalue weighted by Crippen LogP contribution is 2.30. The van der Waals surface area contributed by atoms with Crippen LogP contribution in [0.3, 0.4) is 0 Å². The molecule has 0 spiro atoms. The lowest BCUT2D eigenvalue weighted by Gasteiger charge is -2.05. The van der Waals surface area contributed by atoms with Crippen molar-refractivity contribution in [3.63, 3.8) is 0 Å². The van der Waals surface area contributed by atoms with Crippen molar-refractivity contribution in [1.29, 1.82) is 5.26 Å². The van der Waals surface area contributed by atoms with Gasteiger partial charge in [0, 0.05) is 21.9 Å². The molecule has 0 bridgehead atoms. The van der Waals surface area contributed by atoms with Crippen LogP contribution in [0, 0.1) is 11.3 Å². The quantitative estimate of drug-likeness (QED) is 0.281. The number of allylic oxidation sites excluding steroid dienone is 1. The number of hydrogen-bond acceptors (Lipinski definition) is 6. The fraction of sp³-hybridized carbons (Fsp3) is 0.0870. The summed E-state index contributed by atoms with van der Waals surface area (Å²) in [5.41, 5.74) is 3.58. The SMILES string of the molecule is COc1ccc(-c2csc(C(C#N)=Cc3cc4cc(OC)ccc4nc3Cl)n2)cc1. The molecule has 0 saturated carbocycles. The first-order chi connectivity index (χ1) is 14.6. The Morgan fingerprint density at radius 1 is 1.03 bits per heavy atom. The van der Waals surface area contributed by atoms with Gasteiger partial charge in [-0.2, -0.15) is 5.26 Å². The Morgan fingerprint density at radius 3 is 2.47 bits per heavy atom. The summed E-state index contributed by atoms with van der Waals surface area (Å²) in [6.07, 6.45) is 1.71. The van der Waals surface area contributed by atoms with Crippen molar-refractivity contribution in [3.05, 3.63) is 69.6 Å². The van der Waals surface area contributed by atoms with Gasteiger partial charge in [-0.15, -0.1) is 11.3 Å². The third kappa shape index (κ3) is 3.99. The van der Waals surface area contributed by atoms with Crippen molar-refractivity contribution in [1.82, 2.24) is 9.97 Å². The van der Waals surface area contributed by atoms with E-state index < -0.39 is 0 Å². The molecule has 2 heterocycles. The summed E-state index contributed by atoms with van der Waals surface area (Å²) in [6, 6.07) is 17.3. The van der Waals surface area contributed by atoms with E-state index in [4.69, 9.17) is 21.1 Å². The Hall–Kier alpha value is -3.40. The predicted molar refractivity (Wildman–Crippen MR) is 121 cm³/mol.